The fraction of sp³-hybridized carbons (Fsp3) is 0.500. The summed E-state index contributed by atoms with van der Waals surface area (Å²) >= 11 is 0. The molecule has 1 aliphatic heterocycles. The van der Waals surface area contributed by atoms with Crippen LogP contribution >= 0.6 is 0 Å². The predicted octanol–water partition coefficient (Wildman–Crippen LogP) is 0.713. The van der Waals surface area contributed by atoms with E-state index in [1.807, 2.05) is 0 Å². The van der Waals surface area contributed by atoms with E-state index in [2.05, 4.69) is 12.2 Å². The first-order valence-corrected chi connectivity index (χ1v) is 7.25. The van der Waals surface area contributed by atoms with Gasteiger partial charge in [0.25, 0.3) is 0 Å². The second-order valence-corrected chi connectivity index (χ2v) is 5.64. The zero-order valence-electron chi connectivity index (χ0n) is 10.0. The molecule has 0 aliphatic carbocycles. The maximum absolute atomic E-state index is 10.3. The molecule has 1 aromatic rings. The third-order valence-electron chi connectivity index (χ3n) is 2.71. The van der Waals surface area contributed by atoms with Crippen molar-refractivity contribution >= 4 is 10.1 Å². The van der Waals surface area contributed by atoms with Crippen LogP contribution in [-0.4, -0.2) is 25.6 Å². The Labute approximate surface area is 103 Å². The van der Waals surface area contributed by atoms with Crippen molar-refractivity contribution in [1.82, 2.24) is 0 Å². The van der Waals surface area contributed by atoms with Gasteiger partial charge in [-0.2, -0.15) is 0 Å². The first-order chi connectivity index (χ1) is 8.00. The van der Waals surface area contributed by atoms with Crippen molar-refractivity contribution in [3.63, 3.8) is 0 Å². The molecule has 1 aromatic carbocycles. The zero-order valence-corrected chi connectivity index (χ0v) is 10.8. The van der Waals surface area contributed by atoms with Crippen molar-refractivity contribution in [3.05, 3.63) is 30.3 Å². The third-order valence-corrected chi connectivity index (χ3v) is 3.56. The molecule has 1 fully saturated rings. The Morgan fingerprint density at radius 2 is 1.88 bits per heavy atom. The van der Waals surface area contributed by atoms with Gasteiger partial charge >= 0.3 is 0 Å². The van der Waals surface area contributed by atoms with Gasteiger partial charge < -0.3 is 9.87 Å². The molecule has 1 atom stereocenters. The fourth-order valence-electron chi connectivity index (χ4n) is 1.72. The lowest BCUT2D eigenvalue weighted by atomic mass is 10.1. The van der Waals surface area contributed by atoms with Crippen molar-refractivity contribution in [2.75, 3.05) is 6.54 Å². The highest BCUT2D eigenvalue weighted by atomic mass is 32.2. The fourth-order valence-corrected chi connectivity index (χ4v) is 2.21. The minimum Gasteiger partial charge on any atom is -0.744 e. The summed E-state index contributed by atoms with van der Waals surface area (Å²) in [4.78, 5) is -0.185. The van der Waals surface area contributed by atoms with Crippen LogP contribution in [0.15, 0.2) is 35.2 Å². The lowest BCUT2D eigenvalue weighted by molar-refractivity contribution is -0.694. The second-order valence-electron chi connectivity index (χ2n) is 4.26. The van der Waals surface area contributed by atoms with Crippen molar-refractivity contribution in [2.24, 2.45) is 0 Å². The zero-order chi connectivity index (χ0) is 12.7. The van der Waals surface area contributed by atoms with E-state index in [1.54, 1.807) is 6.07 Å². The van der Waals surface area contributed by atoms with Crippen LogP contribution in [0.4, 0.5) is 0 Å². The first kappa shape index (κ1) is 14.2. The first-order valence-electron chi connectivity index (χ1n) is 5.84. The molecule has 0 radical (unpaired) electrons. The van der Waals surface area contributed by atoms with Gasteiger partial charge in [-0.15, -0.1) is 0 Å². The van der Waals surface area contributed by atoms with E-state index in [4.69, 9.17) is 0 Å². The average molecular weight is 257 g/mol. The van der Waals surface area contributed by atoms with Crippen molar-refractivity contribution < 1.29 is 18.3 Å². The average Bonchev–Trinajstić information content (AvgIpc) is 2.31. The minimum atomic E-state index is -4.25. The second kappa shape index (κ2) is 6.74. The van der Waals surface area contributed by atoms with Crippen LogP contribution in [-0.2, 0) is 10.1 Å². The molecule has 0 amide bonds. The van der Waals surface area contributed by atoms with Gasteiger partial charge in [0.1, 0.15) is 10.1 Å². The van der Waals surface area contributed by atoms with Crippen LogP contribution < -0.4 is 5.32 Å². The van der Waals surface area contributed by atoms with E-state index < -0.39 is 10.1 Å². The Bertz CT molecular complexity index is 411. The molecule has 4 nitrogen and oxygen atoms in total. The van der Waals surface area contributed by atoms with Crippen LogP contribution in [0, 0.1) is 0 Å². The smallest absolute Gasteiger partial charge is 0.124 e. The van der Waals surface area contributed by atoms with Crippen molar-refractivity contribution in [2.45, 2.75) is 37.1 Å². The summed E-state index contributed by atoms with van der Waals surface area (Å²) in [6.07, 6.45) is 4.32. The van der Waals surface area contributed by atoms with Gasteiger partial charge in [0, 0.05) is 0 Å². The highest BCUT2D eigenvalue weighted by molar-refractivity contribution is 7.85. The number of piperidine rings is 1. The number of hydrogen-bond donors (Lipinski definition) is 1. The Morgan fingerprint density at radius 3 is 2.18 bits per heavy atom. The normalized spacial score (nSPS) is 20.2. The van der Waals surface area contributed by atoms with Gasteiger partial charge in [0.2, 0.25) is 0 Å². The summed E-state index contributed by atoms with van der Waals surface area (Å²) in [6, 6.07) is 8.10. The molecule has 2 N–H and O–H groups in total. The Morgan fingerprint density at radius 1 is 1.24 bits per heavy atom. The topological polar surface area (TPSA) is 73.8 Å². The molecule has 1 unspecified atom stereocenters. The van der Waals surface area contributed by atoms with Crippen LogP contribution in [0.5, 0.6) is 0 Å². The van der Waals surface area contributed by atoms with Crippen molar-refractivity contribution in [1.29, 1.82) is 0 Å². The van der Waals surface area contributed by atoms with Crippen LogP contribution in [0.2, 0.25) is 0 Å². The number of rotatable bonds is 1. The van der Waals surface area contributed by atoms with Crippen LogP contribution in [0.1, 0.15) is 26.2 Å². The lowest BCUT2D eigenvalue weighted by Crippen LogP contribution is -2.90. The molecular formula is C12H19NO3S. The Hall–Kier alpha value is -0.910. The summed E-state index contributed by atoms with van der Waals surface area (Å²) in [5.41, 5.74) is 0. The summed E-state index contributed by atoms with van der Waals surface area (Å²) in [6.45, 7) is 3.67. The number of hydrogen-bond acceptors (Lipinski definition) is 3. The van der Waals surface area contributed by atoms with Gasteiger partial charge in [0.15, 0.2) is 0 Å². The van der Waals surface area contributed by atoms with Gasteiger partial charge in [-0.05, 0) is 38.3 Å². The predicted molar refractivity (Wildman–Crippen MR) is 64.5 cm³/mol. The Kier molecular flexibility index (Phi) is 5.61. The van der Waals surface area contributed by atoms with E-state index in [-0.39, 0.29) is 4.90 Å². The molecule has 1 aliphatic rings. The van der Waals surface area contributed by atoms with Crippen LogP contribution in [0.25, 0.3) is 0 Å². The summed E-state index contributed by atoms with van der Waals surface area (Å²) in [5, 5.41) is 2.43. The maximum atomic E-state index is 10.3. The Balaban J connectivity index is 0.000000181. The standard InChI is InChI=1S/C6H13N.C6H6O3S/c1-6-4-2-3-5-7-6;7-10(8,9)6-4-2-1-3-5-6/h6-7H,2-5H2,1H3;1-5H,(H,7,8,9). The third kappa shape index (κ3) is 5.81. The molecule has 96 valence electrons. The molecule has 0 saturated carbocycles. The van der Waals surface area contributed by atoms with E-state index >= 15 is 0 Å². The van der Waals surface area contributed by atoms with E-state index in [0.29, 0.717) is 0 Å². The maximum Gasteiger partial charge on any atom is 0.124 e. The molecule has 2 rings (SSSR count). The SMILES string of the molecule is CC1CCCC[NH2+]1.O=S(=O)([O-])c1ccccc1. The number of benzene rings is 1. The number of nitrogens with two attached hydrogens (primary N) is 1. The molecule has 0 aromatic heterocycles. The molecule has 17 heavy (non-hydrogen) atoms. The minimum absolute atomic E-state index is 0.185. The van der Waals surface area contributed by atoms with E-state index in [1.165, 1.54) is 50.1 Å². The largest absolute Gasteiger partial charge is 0.744 e. The molecule has 1 heterocycles. The molecule has 5 heteroatoms. The van der Waals surface area contributed by atoms with Crippen molar-refractivity contribution in [3.8, 4) is 0 Å². The molecule has 0 spiro atoms. The van der Waals surface area contributed by atoms with Crippen LogP contribution in [0.3, 0.4) is 0 Å². The van der Waals surface area contributed by atoms with Gasteiger partial charge in [0.05, 0.1) is 17.5 Å². The van der Waals surface area contributed by atoms with E-state index in [0.717, 1.165) is 6.04 Å². The highest BCUT2D eigenvalue weighted by Gasteiger charge is 2.08. The summed E-state index contributed by atoms with van der Waals surface area (Å²) in [7, 11) is -4.25. The van der Waals surface area contributed by atoms with Gasteiger partial charge in [-0.3, -0.25) is 0 Å². The molecule has 0 bridgehead atoms. The monoisotopic (exact) mass is 257 g/mol. The summed E-state index contributed by atoms with van der Waals surface area (Å²) < 4.78 is 30.8. The molecule has 1 saturated heterocycles. The number of quaternary nitrogens is 1. The summed E-state index contributed by atoms with van der Waals surface area (Å²) in [5.74, 6) is 0. The molecular weight excluding hydrogens is 238 g/mol. The lowest BCUT2D eigenvalue weighted by Gasteiger charge is -2.14. The highest BCUT2D eigenvalue weighted by Crippen LogP contribution is 2.05. The quantitative estimate of drug-likeness (QED) is 0.753. The van der Waals surface area contributed by atoms with E-state index in [9.17, 15) is 13.0 Å². The van der Waals surface area contributed by atoms with Gasteiger partial charge in [-0.1, -0.05) is 18.2 Å². The van der Waals surface area contributed by atoms with Gasteiger partial charge in [-0.25, -0.2) is 8.42 Å².